The highest BCUT2D eigenvalue weighted by atomic mass is 16.5. The first-order valence-electron chi connectivity index (χ1n) is 6.78. The summed E-state index contributed by atoms with van der Waals surface area (Å²) in [5.74, 6) is -0.288. The standard InChI is InChI=1S/C14H25N3O2/c1-6-12(3)17-8-7-13(15-17)10-16(4)9-11(2)14(18)19-5/h7-8,11-12H,6,9-10H2,1-5H3. The Morgan fingerprint density at radius 1 is 1.53 bits per heavy atom. The van der Waals surface area contributed by atoms with Crippen LogP contribution in [-0.4, -0.2) is 41.4 Å². The van der Waals surface area contributed by atoms with E-state index in [9.17, 15) is 4.79 Å². The number of methoxy groups -OCH3 is 1. The van der Waals surface area contributed by atoms with Gasteiger partial charge in [0.1, 0.15) is 0 Å². The Labute approximate surface area is 115 Å². The zero-order chi connectivity index (χ0) is 14.4. The second-order valence-corrected chi connectivity index (χ2v) is 5.17. The number of hydrogen-bond acceptors (Lipinski definition) is 4. The van der Waals surface area contributed by atoms with Crippen LogP contribution in [0.2, 0.25) is 0 Å². The number of carbonyl (C=O) groups excluding carboxylic acids is 1. The van der Waals surface area contributed by atoms with Gasteiger partial charge in [-0.2, -0.15) is 5.10 Å². The van der Waals surface area contributed by atoms with Crippen LogP contribution in [0.4, 0.5) is 0 Å². The summed E-state index contributed by atoms with van der Waals surface area (Å²) in [6.07, 6.45) is 3.08. The maximum Gasteiger partial charge on any atom is 0.309 e. The molecule has 1 aromatic rings. The largest absolute Gasteiger partial charge is 0.469 e. The van der Waals surface area contributed by atoms with E-state index in [0.717, 1.165) is 18.7 Å². The monoisotopic (exact) mass is 267 g/mol. The average Bonchev–Trinajstić information content (AvgIpc) is 2.84. The summed E-state index contributed by atoms with van der Waals surface area (Å²) in [5.41, 5.74) is 1.03. The van der Waals surface area contributed by atoms with Crippen LogP contribution in [0.3, 0.4) is 0 Å². The fraction of sp³-hybridized carbons (Fsp3) is 0.714. The molecule has 108 valence electrons. The van der Waals surface area contributed by atoms with Crippen molar-refractivity contribution in [3.63, 3.8) is 0 Å². The van der Waals surface area contributed by atoms with Gasteiger partial charge in [-0.25, -0.2) is 0 Å². The van der Waals surface area contributed by atoms with Crippen LogP contribution in [0.5, 0.6) is 0 Å². The molecule has 0 saturated heterocycles. The highest BCUT2D eigenvalue weighted by Crippen LogP contribution is 2.11. The maximum atomic E-state index is 11.4. The van der Waals surface area contributed by atoms with Gasteiger partial charge < -0.3 is 4.74 Å². The summed E-state index contributed by atoms with van der Waals surface area (Å²) in [7, 11) is 3.41. The van der Waals surface area contributed by atoms with Crippen molar-refractivity contribution in [3.8, 4) is 0 Å². The minimum atomic E-state index is -0.169. The summed E-state index contributed by atoms with van der Waals surface area (Å²) >= 11 is 0. The molecule has 5 heteroatoms. The Balaban J connectivity index is 2.50. The van der Waals surface area contributed by atoms with E-state index in [1.807, 2.05) is 30.9 Å². The second kappa shape index (κ2) is 7.28. The third kappa shape index (κ3) is 4.67. The molecule has 0 aliphatic rings. The summed E-state index contributed by atoms with van der Waals surface area (Å²) in [5, 5.41) is 4.55. The van der Waals surface area contributed by atoms with Crippen LogP contribution in [-0.2, 0) is 16.1 Å². The molecule has 0 bridgehead atoms. The SMILES string of the molecule is CCC(C)n1ccc(CN(C)CC(C)C(=O)OC)n1. The Morgan fingerprint density at radius 2 is 2.21 bits per heavy atom. The van der Waals surface area contributed by atoms with Crippen molar-refractivity contribution in [3.05, 3.63) is 18.0 Å². The molecule has 2 atom stereocenters. The molecular formula is C14H25N3O2. The van der Waals surface area contributed by atoms with Gasteiger partial charge in [-0.3, -0.25) is 14.4 Å². The fourth-order valence-electron chi connectivity index (χ4n) is 1.98. The summed E-state index contributed by atoms with van der Waals surface area (Å²) < 4.78 is 6.72. The molecule has 0 aliphatic carbocycles. The highest BCUT2D eigenvalue weighted by Gasteiger charge is 2.16. The van der Waals surface area contributed by atoms with Crippen molar-refractivity contribution in [2.75, 3.05) is 20.7 Å². The lowest BCUT2D eigenvalue weighted by molar-refractivity contribution is -0.145. The van der Waals surface area contributed by atoms with Gasteiger partial charge in [0, 0.05) is 25.3 Å². The second-order valence-electron chi connectivity index (χ2n) is 5.17. The van der Waals surface area contributed by atoms with Crippen molar-refractivity contribution in [1.29, 1.82) is 0 Å². The van der Waals surface area contributed by atoms with E-state index in [2.05, 4.69) is 23.8 Å². The van der Waals surface area contributed by atoms with Crippen molar-refractivity contribution >= 4 is 5.97 Å². The molecule has 19 heavy (non-hydrogen) atoms. The van der Waals surface area contributed by atoms with E-state index in [4.69, 9.17) is 4.74 Å². The van der Waals surface area contributed by atoms with Crippen LogP contribution < -0.4 is 0 Å². The van der Waals surface area contributed by atoms with E-state index in [0.29, 0.717) is 12.6 Å². The minimum Gasteiger partial charge on any atom is -0.469 e. The van der Waals surface area contributed by atoms with E-state index in [1.165, 1.54) is 7.11 Å². The van der Waals surface area contributed by atoms with Crippen molar-refractivity contribution in [1.82, 2.24) is 14.7 Å². The van der Waals surface area contributed by atoms with Crippen LogP contribution >= 0.6 is 0 Å². The zero-order valence-corrected chi connectivity index (χ0v) is 12.6. The average molecular weight is 267 g/mol. The molecule has 0 spiro atoms. The molecular weight excluding hydrogens is 242 g/mol. The van der Waals surface area contributed by atoms with E-state index in [1.54, 1.807) is 0 Å². The molecule has 0 N–H and O–H groups in total. The Bertz CT molecular complexity index is 403. The number of esters is 1. The smallest absolute Gasteiger partial charge is 0.309 e. The van der Waals surface area contributed by atoms with E-state index < -0.39 is 0 Å². The van der Waals surface area contributed by atoms with Crippen molar-refractivity contribution < 1.29 is 9.53 Å². The zero-order valence-electron chi connectivity index (χ0n) is 12.6. The summed E-state index contributed by atoms with van der Waals surface area (Å²) in [4.78, 5) is 13.5. The van der Waals surface area contributed by atoms with E-state index >= 15 is 0 Å². The van der Waals surface area contributed by atoms with E-state index in [-0.39, 0.29) is 11.9 Å². The first-order valence-corrected chi connectivity index (χ1v) is 6.78. The van der Waals surface area contributed by atoms with Gasteiger partial charge in [-0.15, -0.1) is 0 Å². The Hall–Kier alpha value is -1.36. The molecule has 5 nitrogen and oxygen atoms in total. The van der Waals surface area contributed by atoms with Gasteiger partial charge in [0.2, 0.25) is 0 Å². The van der Waals surface area contributed by atoms with Crippen LogP contribution in [0.1, 0.15) is 38.9 Å². The van der Waals surface area contributed by atoms with Gasteiger partial charge in [-0.05, 0) is 26.5 Å². The molecule has 0 aliphatic heterocycles. The number of aromatic nitrogens is 2. The third-order valence-electron chi connectivity index (χ3n) is 3.33. The molecule has 1 heterocycles. The van der Waals surface area contributed by atoms with Crippen molar-refractivity contribution in [2.24, 2.45) is 5.92 Å². The first-order chi connectivity index (χ1) is 8.97. The predicted octanol–water partition coefficient (Wildman–Crippen LogP) is 2.09. The molecule has 0 aromatic carbocycles. The molecule has 1 aromatic heterocycles. The van der Waals surface area contributed by atoms with Gasteiger partial charge in [0.15, 0.2) is 0 Å². The normalized spacial score (nSPS) is 14.4. The lowest BCUT2D eigenvalue weighted by Gasteiger charge is -2.18. The van der Waals surface area contributed by atoms with Gasteiger partial charge in [-0.1, -0.05) is 13.8 Å². The lowest BCUT2D eigenvalue weighted by Crippen LogP contribution is -2.29. The summed E-state index contributed by atoms with van der Waals surface area (Å²) in [6, 6.07) is 2.46. The number of ether oxygens (including phenoxy) is 1. The molecule has 0 radical (unpaired) electrons. The molecule has 0 fully saturated rings. The van der Waals surface area contributed by atoms with Gasteiger partial charge >= 0.3 is 5.97 Å². The molecule has 0 saturated carbocycles. The number of rotatable bonds is 7. The Kier molecular flexibility index (Phi) is 6.02. The quantitative estimate of drug-likeness (QED) is 0.710. The molecule has 1 rings (SSSR count). The molecule has 0 amide bonds. The van der Waals surface area contributed by atoms with Crippen LogP contribution in [0.25, 0.3) is 0 Å². The van der Waals surface area contributed by atoms with Gasteiger partial charge in [0.25, 0.3) is 0 Å². The first kappa shape index (κ1) is 15.7. The highest BCUT2D eigenvalue weighted by molar-refractivity contribution is 5.72. The number of hydrogen-bond donors (Lipinski definition) is 0. The van der Waals surface area contributed by atoms with Crippen LogP contribution in [0, 0.1) is 5.92 Å². The van der Waals surface area contributed by atoms with Gasteiger partial charge in [0.05, 0.1) is 18.7 Å². The number of carbonyl (C=O) groups is 1. The predicted molar refractivity (Wildman–Crippen MR) is 74.7 cm³/mol. The van der Waals surface area contributed by atoms with Crippen LogP contribution in [0.15, 0.2) is 12.3 Å². The maximum absolute atomic E-state index is 11.4. The fourth-order valence-corrected chi connectivity index (χ4v) is 1.98. The third-order valence-corrected chi connectivity index (χ3v) is 3.33. The topological polar surface area (TPSA) is 47.4 Å². The summed E-state index contributed by atoms with van der Waals surface area (Å²) in [6.45, 7) is 7.59. The Morgan fingerprint density at radius 3 is 2.79 bits per heavy atom. The van der Waals surface area contributed by atoms with Crippen molar-refractivity contribution in [2.45, 2.75) is 39.8 Å². The minimum absolute atomic E-state index is 0.119. The lowest BCUT2D eigenvalue weighted by atomic mass is 10.2. The molecule has 2 unspecified atom stereocenters. The number of nitrogens with zero attached hydrogens (tertiary/aromatic N) is 3.